The highest BCUT2D eigenvalue weighted by Crippen LogP contribution is 2.30. The van der Waals surface area contributed by atoms with E-state index in [1.54, 1.807) is 43.9 Å². The van der Waals surface area contributed by atoms with Crippen LogP contribution in [0.1, 0.15) is 10.4 Å². The van der Waals surface area contributed by atoms with Crippen molar-refractivity contribution in [3.8, 4) is 11.5 Å². The summed E-state index contributed by atoms with van der Waals surface area (Å²) >= 11 is 1.62. The van der Waals surface area contributed by atoms with Gasteiger partial charge in [-0.25, -0.2) is 4.98 Å². The number of rotatable bonds is 4. The van der Waals surface area contributed by atoms with Gasteiger partial charge in [-0.15, -0.1) is 11.3 Å². The van der Waals surface area contributed by atoms with Crippen LogP contribution in [0.15, 0.2) is 29.8 Å². The first-order valence-electron chi connectivity index (χ1n) is 7.39. The molecule has 0 unspecified atom stereocenters. The summed E-state index contributed by atoms with van der Waals surface area (Å²) in [5.74, 6) is 1.02. The number of ether oxygens (including phenoxy) is 2. The Hall–Kier alpha value is -2.28. The molecule has 6 nitrogen and oxygen atoms in total. The highest BCUT2D eigenvalue weighted by atomic mass is 32.1. The van der Waals surface area contributed by atoms with E-state index in [-0.39, 0.29) is 5.91 Å². The topological polar surface area (TPSA) is 54.9 Å². The number of nitrogens with zero attached hydrogens (tertiary/aromatic N) is 3. The normalized spacial score (nSPS) is 14.7. The summed E-state index contributed by atoms with van der Waals surface area (Å²) in [5.41, 5.74) is 0.486. The van der Waals surface area contributed by atoms with Crippen LogP contribution in [0.25, 0.3) is 0 Å². The quantitative estimate of drug-likeness (QED) is 0.858. The molecule has 7 heteroatoms. The van der Waals surface area contributed by atoms with Gasteiger partial charge in [0.2, 0.25) is 0 Å². The first-order valence-corrected chi connectivity index (χ1v) is 8.27. The molecule has 3 rings (SSSR count). The van der Waals surface area contributed by atoms with Crippen LogP contribution in [0, 0.1) is 0 Å². The van der Waals surface area contributed by atoms with E-state index in [1.165, 1.54) is 0 Å². The second-order valence-corrected chi connectivity index (χ2v) is 6.00. The zero-order chi connectivity index (χ0) is 16.2. The molecule has 1 amide bonds. The third-order valence-electron chi connectivity index (χ3n) is 3.90. The molecular formula is C16H19N3O3S. The maximum absolute atomic E-state index is 12.9. The molecule has 1 saturated heterocycles. The number of carbonyl (C=O) groups excluding carboxylic acids is 1. The summed E-state index contributed by atoms with van der Waals surface area (Å²) in [4.78, 5) is 21.3. The maximum Gasteiger partial charge on any atom is 0.261 e. The Kier molecular flexibility index (Phi) is 4.66. The van der Waals surface area contributed by atoms with Crippen LogP contribution in [-0.4, -0.2) is 56.2 Å². The summed E-state index contributed by atoms with van der Waals surface area (Å²) in [6.07, 6.45) is 1.80. The lowest BCUT2D eigenvalue weighted by atomic mass is 10.1. The third kappa shape index (κ3) is 3.10. The maximum atomic E-state index is 12.9. The Morgan fingerprint density at radius 3 is 2.30 bits per heavy atom. The Bertz CT molecular complexity index is 645. The fourth-order valence-corrected chi connectivity index (χ4v) is 3.39. The van der Waals surface area contributed by atoms with Crippen molar-refractivity contribution in [2.75, 3.05) is 45.3 Å². The third-order valence-corrected chi connectivity index (χ3v) is 4.73. The van der Waals surface area contributed by atoms with E-state index in [9.17, 15) is 4.79 Å². The standard InChI is InChI=1S/C16H19N3O3S/c1-21-12-4-3-5-13(22-2)14(12)15(20)18-7-9-19(10-8-18)16-17-6-11-23-16/h3-6,11H,7-10H2,1-2H3. The van der Waals surface area contributed by atoms with Gasteiger partial charge in [0.1, 0.15) is 17.1 Å². The highest BCUT2D eigenvalue weighted by molar-refractivity contribution is 7.13. The first-order chi connectivity index (χ1) is 11.2. The molecule has 0 bridgehead atoms. The van der Waals surface area contributed by atoms with E-state index in [4.69, 9.17) is 9.47 Å². The molecule has 1 fully saturated rings. The van der Waals surface area contributed by atoms with Gasteiger partial charge in [0.05, 0.1) is 14.2 Å². The summed E-state index contributed by atoms with van der Waals surface area (Å²) < 4.78 is 10.7. The van der Waals surface area contributed by atoms with Gasteiger partial charge in [-0.1, -0.05) is 6.07 Å². The number of thiazole rings is 1. The molecule has 2 heterocycles. The van der Waals surface area contributed by atoms with Gasteiger partial charge >= 0.3 is 0 Å². The van der Waals surface area contributed by atoms with Crippen molar-refractivity contribution in [2.24, 2.45) is 0 Å². The van der Waals surface area contributed by atoms with E-state index in [0.29, 0.717) is 30.2 Å². The van der Waals surface area contributed by atoms with Crippen LogP contribution in [0.4, 0.5) is 5.13 Å². The van der Waals surface area contributed by atoms with E-state index in [0.717, 1.165) is 18.2 Å². The summed E-state index contributed by atoms with van der Waals surface area (Å²) in [6, 6.07) is 5.37. The Morgan fingerprint density at radius 2 is 1.78 bits per heavy atom. The van der Waals surface area contributed by atoms with Crippen molar-refractivity contribution in [3.05, 3.63) is 35.3 Å². The van der Waals surface area contributed by atoms with Gasteiger partial charge in [-0.3, -0.25) is 4.79 Å². The number of aromatic nitrogens is 1. The SMILES string of the molecule is COc1cccc(OC)c1C(=O)N1CCN(c2nccs2)CC1. The van der Waals surface area contributed by atoms with Crippen molar-refractivity contribution in [1.29, 1.82) is 0 Å². The van der Waals surface area contributed by atoms with Gasteiger partial charge in [-0.05, 0) is 12.1 Å². The van der Waals surface area contributed by atoms with Crippen LogP contribution >= 0.6 is 11.3 Å². The molecular weight excluding hydrogens is 314 g/mol. The average molecular weight is 333 g/mol. The first kappa shape index (κ1) is 15.6. The van der Waals surface area contributed by atoms with Crippen LogP contribution in [0.2, 0.25) is 0 Å². The number of hydrogen-bond donors (Lipinski definition) is 0. The summed E-state index contributed by atoms with van der Waals surface area (Å²) in [5, 5.41) is 2.97. The molecule has 0 N–H and O–H groups in total. The Morgan fingerprint density at radius 1 is 1.13 bits per heavy atom. The lowest BCUT2D eigenvalue weighted by molar-refractivity contribution is 0.0740. The minimum absolute atomic E-state index is 0.0573. The van der Waals surface area contributed by atoms with Crippen LogP contribution in [-0.2, 0) is 0 Å². The average Bonchev–Trinajstić information content (AvgIpc) is 3.15. The van der Waals surface area contributed by atoms with E-state index >= 15 is 0 Å². The van der Waals surface area contributed by atoms with E-state index in [1.807, 2.05) is 16.3 Å². The van der Waals surface area contributed by atoms with Gasteiger partial charge in [0.15, 0.2) is 5.13 Å². The van der Waals surface area contributed by atoms with Gasteiger partial charge in [0.25, 0.3) is 5.91 Å². The highest BCUT2D eigenvalue weighted by Gasteiger charge is 2.27. The molecule has 1 aliphatic heterocycles. The van der Waals surface area contributed by atoms with Crippen molar-refractivity contribution in [1.82, 2.24) is 9.88 Å². The molecule has 0 atom stereocenters. The second-order valence-electron chi connectivity index (χ2n) is 5.13. The molecule has 0 saturated carbocycles. The van der Waals surface area contributed by atoms with Crippen molar-refractivity contribution in [3.63, 3.8) is 0 Å². The zero-order valence-corrected chi connectivity index (χ0v) is 14.0. The number of amides is 1. The molecule has 23 heavy (non-hydrogen) atoms. The molecule has 1 aromatic heterocycles. The molecule has 0 spiro atoms. The second kappa shape index (κ2) is 6.87. The van der Waals surface area contributed by atoms with Crippen LogP contribution in [0.5, 0.6) is 11.5 Å². The number of methoxy groups -OCH3 is 2. The molecule has 122 valence electrons. The largest absolute Gasteiger partial charge is 0.496 e. The smallest absolute Gasteiger partial charge is 0.261 e. The molecule has 0 radical (unpaired) electrons. The lowest BCUT2D eigenvalue weighted by Gasteiger charge is -2.35. The van der Waals surface area contributed by atoms with Gasteiger partial charge in [0, 0.05) is 37.8 Å². The number of piperazine rings is 1. The fourth-order valence-electron chi connectivity index (χ4n) is 2.69. The molecule has 1 aliphatic rings. The van der Waals surface area contributed by atoms with Gasteiger partial charge in [-0.2, -0.15) is 0 Å². The minimum atomic E-state index is -0.0573. The molecule has 2 aromatic rings. The zero-order valence-electron chi connectivity index (χ0n) is 13.2. The van der Waals surface area contributed by atoms with Crippen molar-refractivity contribution < 1.29 is 14.3 Å². The van der Waals surface area contributed by atoms with Crippen molar-refractivity contribution >= 4 is 22.4 Å². The predicted octanol–water partition coefficient (Wildman–Crippen LogP) is 2.12. The summed E-state index contributed by atoms with van der Waals surface area (Å²) in [7, 11) is 3.12. The van der Waals surface area contributed by atoms with Crippen LogP contribution in [0.3, 0.4) is 0 Å². The molecule has 1 aromatic carbocycles. The van der Waals surface area contributed by atoms with Gasteiger partial charge < -0.3 is 19.3 Å². The van der Waals surface area contributed by atoms with Crippen molar-refractivity contribution in [2.45, 2.75) is 0 Å². The Labute approximate surface area is 139 Å². The lowest BCUT2D eigenvalue weighted by Crippen LogP contribution is -2.48. The fraction of sp³-hybridized carbons (Fsp3) is 0.375. The minimum Gasteiger partial charge on any atom is -0.496 e. The number of anilines is 1. The monoisotopic (exact) mass is 333 g/mol. The number of carbonyl (C=O) groups is 1. The van der Waals surface area contributed by atoms with Crippen LogP contribution < -0.4 is 14.4 Å². The van der Waals surface area contributed by atoms with E-state index < -0.39 is 0 Å². The van der Waals surface area contributed by atoms with E-state index in [2.05, 4.69) is 9.88 Å². The summed E-state index contributed by atoms with van der Waals surface area (Å²) in [6.45, 7) is 2.85. The predicted molar refractivity (Wildman–Crippen MR) is 89.8 cm³/mol. The Balaban J connectivity index is 1.75. The number of benzene rings is 1. The number of hydrogen-bond acceptors (Lipinski definition) is 6. The molecule has 0 aliphatic carbocycles.